The zero-order valence-corrected chi connectivity index (χ0v) is 93.5. The Balaban J connectivity index is 0.000000149. The highest BCUT2D eigenvalue weighted by molar-refractivity contribution is 5.55. The van der Waals surface area contributed by atoms with Gasteiger partial charge in [-0.25, -0.2) is 0 Å². The smallest absolute Gasteiger partial charge is 0.161 e. The van der Waals surface area contributed by atoms with Crippen molar-refractivity contribution < 1.29 is 65.1 Å². The highest BCUT2D eigenvalue weighted by Gasteiger charge is 2.46. The van der Waals surface area contributed by atoms with Gasteiger partial charge >= 0.3 is 0 Å². The van der Waals surface area contributed by atoms with Crippen molar-refractivity contribution in [3.05, 3.63) is 140 Å². The predicted molar refractivity (Wildman–Crippen MR) is 584 cm³/mol. The van der Waals surface area contributed by atoms with Gasteiger partial charge in [-0.15, -0.1) is 0 Å². The minimum absolute atomic E-state index is 0.0461. The Labute approximate surface area is 873 Å². The van der Waals surface area contributed by atoms with E-state index in [1.165, 1.54) is 127 Å². The van der Waals surface area contributed by atoms with Gasteiger partial charge in [0.25, 0.3) is 0 Å². The van der Waals surface area contributed by atoms with Crippen molar-refractivity contribution >= 4 is 0 Å². The summed E-state index contributed by atoms with van der Waals surface area (Å²) in [4.78, 5) is 31.4. The first kappa shape index (κ1) is 104. The lowest BCUT2D eigenvalue weighted by molar-refractivity contribution is 0.00769. The highest BCUT2D eigenvalue weighted by atomic mass is 16.5. The zero-order valence-electron chi connectivity index (χ0n) is 99.5. The third-order valence-electron chi connectivity index (χ3n) is 33.0. The van der Waals surface area contributed by atoms with Crippen LogP contribution in [0, 0.1) is 41.4 Å². The summed E-state index contributed by atoms with van der Waals surface area (Å²) in [6.07, 6.45) is 13.8. The van der Waals surface area contributed by atoms with Gasteiger partial charge in [0.05, 0.1) is 93.4 Å². The summed E-state index contributed by atoms with van der Waals surface area (Å²) in [6.45, 7) is 60.4. The number of ether oxygens (including phenoxy) is 12. The van der Waals surface area contributed by atoms with E-state index >= 15 is 0 Å². The van der Waals surface area contributed by atoms with Gasteiger partial charge in [0, 0.05) is 197 Å². The average molecular weight is 1990 g/mol. The summed E-state index contributed by atoms with van der Waals surface area (Å²) in [5, 5.41) is 0. The molecule has 798 valence electrons. The van der Waals surface area contributed by atoms with Gasteiger partial charge in [0.2, 0.25) is 0 Å². The molecule has 0 bridgehead atoms. The minimum atomic E-state index is -2.69. The Morgan fingerprint density at radius 1 is 0.231 bits per heavy atom. The maximum absolute atomic E-state index is 7.44. The molecule has 24 nitrogen and oxygen atoms in total. The molecule has 12 heterocycles. The molecule has 6 aromatic rings. The highest BCUT2D eigenvalue weighted by Crippen LogP contribution is 2.49. The van der Waals surface area contributed by atoms with Crippen LogP contribution >= 0.6 is 0 Å². The Kier molecular flexibility index (Phi) is 37.9. The predicted octanol–water partition coefficient (Wildman–Crippen LogP) is 19.6. The molecular weight excluding hydrogens is 1790 g/mol. The number of fused-ring (bicyclic) bond motifs is 18. The second kappa shape index (κ2) is 52.1. The van der Waals surface area contributed by atoms with Crippen LogP contribution in [0.15, 0.2) is 72.8 Å². The largest absolute Gasteiger partial charge is 0.493 e. The van der Waals surface area contributed by atoms with Crippen molar-refractivity contribution in [1.82, 2.24) is 58.8 Å². The monoisotopic (exact) mass is 1990 g/mol. The molecule has 12 aliphatic rings. The quantitative estimate of drug-likeness (QED) is 0.0458. The lowest BCUT2D eigenvalue weighted by Crippen LogP contribution is -2.57. The van der Waals surface area contributed by atoms with Crippen molar-refractivity contribution in [3.8, 4) is 69.0 Å². The second-order valence-corrected chi connectivity index (χ2v) is 45.8. The fourth-order valence-corrected chi connectivity index (χ4v) is 25.8. The van der Waals surface area contributed by atoms with Crippen LogP contribution in [0.3, 0.4) is 0 Å². The van der Waals surface area contributed by atoms with Crippen molar-refractivity contribution in [2.24, 2.45) is 41.4 Å². The van der Waals surface area contributed by atoms with Crippen LogP contribution in [-0.2, 0) is 38.5 Å². The molecule has 24 heteroatoms. The molecular formula is C119H190N12O12. The van der Waals surface area contributed by atoms with Crippen LogP contribution < -0.4 is 56.8 Å². The Bertz CT molecular complexity index is 5060. The lowest BCUT2D eigenvalue weighted by atomic mass is 9.87. The molecule has 12 atom stereocenters. The summed E-state index contributed by atoms with van der Waals surface area (Å²) in [5.74, 6) is 13.5. The van der Waals surface area contributed by atoms with Gasteiger partial charge in [-0.3, -0.25) is 44.1 Å². The normalized spacial score (nSPS) is 25.5. The standard InChI is InChI=1S/C22H36N2O2.2C20H32N2O2.3C19H30N2O2/c1-15(2)9-18-13-23-8-7-17-10-21(25-5)22(26-6)11-19(17)20(23)14-24(18)12-16(3)4;2*1-6-21-13-18-17-11-20(24-5)19(23-4)10-15(17)7-8-22(18)12-16(21)9-14(2)3;3*1-13(2)8-15-11-21-7-6-14-9-18(22-4)19(23-5)10-16(14)17(21)12-20(15)3/h10-11,15-16,18,20H,7-9,12-14H2,1-6H3;2*10-11,14,16,18H,6-9,12-13H2,1-5H3;3*9-10,13,15,17H,6-8,11-12H2,1-5H3/t18-,20-;16-,18+;16-,18-;15-,17+;2*15-,17-/m111111/s1/i;;;;4D3,5D3;. The summed E-state index contributed by atoms with van der Waals surface area (Å²) >= 11 is 0. The molecule has 18 rings (SSSR count). The van der Waals surface area contributed by atoms with Crippen molar-refractivity contribution in [3.63, 3.8) is 0 Å². The molecule has 0 N–H and O–H groups in total. The third kappa shape index (κ3) is 27.2. The SMILES string of the molecule is CCN1C[C@@H]2c3cc(OC)c(OC)cc3CCN2C[C@H]1CC(C)C.CCN1C[C@H]2c3cc(OC)c(OC)cc3CCN2C[C@H]1CC(C)C.COc1cc2c(cc1OC)[C@@H]1CN(C)[C@H](CC(C)C)CN1CC2.COc1cc2c(cc1OC)[C@H]1CN(C)[C@H](CC(C)C)CN1CC2.COc1cc2c(cc1OC)[C@H]1CN(CC(C)C)[C@H](CC(C)C)CN1CC2.[2H]C([2H])([2H])Oc1cc2c(cc1OC([2H])([2H])[2H])[C@H]1CN(C)[C@H](CC(C)C)CN1CC2. The van der Waals surface area contributed by atoms with E-state index in [0.29, 0.717) is 78.3 Å². The van der Waals surface area contributed by atoms with E-state index in [1.54, 1.807) is 83.2 Å². The van der Waals surface area contributed by atoms with Gasteiger partial charge in [-0.2, -0.15) is 0 Å². The number of hydrogen-bond acceptors (Lipinski definition) is 24. The van der Waals surface area contributed by atoms with E-state index in [9.17, 15) is 0 Å². The number of methoxy groups -OCH3 is 12. The van der Waals surface area contributed by atoms with Crippen LogP contribution in [0.2, 0.25) is 0 Å². The van der Waals surface area contributed by atoms with Crippen molar-refractivity contribution in [2.75, 3.05) is 244 Å². The molecule has 0 radical (unpaired) electrons. The first-order chi connectivity index (χ1) is 70.9. The average Bonchev–Trinajstić information content (AvgIpc) is 0.772. The molecule has 0 aromatic heterocycles. The summed E-state index contributed by atoms with van der Waals surface area (Å²) < 4.78 is 110. The summed E-state index contributed by atoms with van der Waals surface area (Å²) in [7, 11) is 18.5. The van der Waals surface area contributed by atoms with E-state index in [2.05, 4.69) is 251 Å². The summed E-state index contributed by atoms with van der Waals surface area (Å²) in [5.41, 5.74) is 16.2. The Morgan fingerprint density at radius 2 is 0.406 bits per heavy atom. The number of rotatable bonds is 28. The molecule has 6 fully saturated rings. The van der Waals surface area contributed by atoms with Crippen LogP contribution in [-0.4, -0.2) is 339 Å². The van der Waals surface area contributed by atoms with E-state index in [0.717, 1.165) is 241 Å². The topological polar surface area (TPSA) is 150 Å². The summed E-state index contributed by atoms with van der Waals surface area (Å²) in [6, 6.07) is 31.6. The van der Waals surface area contributed by atoms with Gasteiger partial charge in [-0.1, -0.05) is 111 Å². The zero-order chi connectivity index (χ0) is 108. The maximum atomic E-state index is 7.44. The molecule has 0 saturated carbocycles. The van der Waals surface area contributed by atoms with E-state index < -0.39 is 14.1 Å². The number of nitrogens with zero attached hydrogens (tertiary/aromatic N) is 12. The third-order valence-corrected chi connectivity index (χ3v) is 33.0. The first-order valence-electron chi connectivity index (χ1n) is 57.5. The van der Waals surface area contributed by atoms with Gasteiger partial charge in [0.1, 0.15) is 0 Å². The number of likely N-dealkylation sites (N-methyl/N-ethyl adjacent to an activating group) is 5. The maximum Gasteiger partial charge on any atom is 0.161 e. The van der Waals surface area contributed by atoms with Gasteiger partial charge < -0.3 is 71.5 Å². The minimum Gasteiger partial charge on any atom is -0.493 e. The molecule has 6 saturated heterocycles. The molecule has 143 heavy (non-hydrogen) atoms. The van der Waals surface area contributed by atoms with Gasteiger partial charge in [0.15, 0.2) is 69.0 Å². The number of hydrogen-bond donors (Lipinski definition) is 0. The van der Waals surface area contributed by atoms with E-state index in [-0.39, 0.29) is 17.5 Å². The molecule has 12 aliphatic heterocycles. The van der Waals surface area contributed by atoms with Crippen LogP contribution in [0.25, 0.3) is 0 Å². The molecule has 6 aromatic carbocycles. The van der Waals surface area contributed by atoms with Crippen LogP contribution in [0.4, 0.5) is 0 Å². The first-order valence-corrected chi connectivity index (χ1v) is 54.5. The fraction of sp³-hybridized carbons (Fsp3) is 0.697. The second-order valence-electron chi connectivity index (χ2n) is 45.8. The van der Waals surface area contributed by atoms with Crippen LogP contribution in [0.5, 0.6) is 69.0 Å². The van der Waals surface area contributed by atoms with E-state index in [1.807, 2.05) is 0 Å². The van der Waals surface area contributed by atoms with Crippen LogP contribution in [0.1, 0.15) is 261 Å². The molecule has 0 unspecified atom stereocenters. The Hall–Kier alpha value is -7.56. The van der Waals surface area contributed by atoms with E-state index in [4.69, 9.17) is 65.1 Å². The lowest BCUT2D eigenvalue weighted by Gasteiger charge is -2.50. The number of piperazine rings is 6. The van der Waals surface area contributed by atoms with Gasteiger partial charge in [-0.05, 0) is 292 Å². The van der Waals surface area contributed by atoms with Crippen molar-refractivity contribution in [2.45, 2.75) is 260 Å². The number of benzene rings is 6. The molecule has 0 aliphatic carbocycles. The van der Waals surface area contributed by atoms with Crippen molar-refractivity contribution in [1.29, 1.82) is 0 Å². The molecule has 0 spiro atoms. The molecule has 0 amide bonds. The fourth-order valence-electron chi connectivity index (χ4n) is 25.8. The Morgan fingerprint density at radius 3 is 0.601 bits per heavy atom.